The number of ketones is 1. The molecule has 4 rings (SSSR count). The lowest BCUT2D eigenvalue weighted by Gasteiger charge is -2.43. The molecule has 3 atom stereocenters. The normalized spacial score (nSPS) is 31.1. The molecule has 3 heterocycles. The molecular weight excluding hydrogens is 306 g/mol. The highest BCUT2D eigenvalue weighted by atomic mass is 16.6. The zero-order valence-corrected chi connectivity index (χ0v) is 14.4. The zero-order valence-electron chi connectivity index (χ0n) is 14.4. The van der Waals surface area contributed by atoms with E-state index in [9.17, 15) is 9.59 Å². The topological polar surface area (TPSA) is 55.8 Å². The second-order valence-electron chi connectivity index (χ2n) is 8.10. The maximum absolute atomic E-state index is 12.9. The van der Waals surface area contributed by atoms with Crippen LogP contribution in [-0.4, -0.2) is 40.1 Å². The lowest BCUT2D eigenvalue weighted by Crippen LogP contribution is -2.57. The predicted octanol–water partition coefficient (Wildman–Crippen LogP) is 3.56. The first-order chi connectivity index (χ1) is 11.3. The van der Waals surface area contributed by atoms with Gasteiger partial charge in [-0.1, -0.05) is 12.1 Å². The van der Waals surface area contributed by atoms with Gasteiger partial charge < -0.3 is 14.4 Å². The van der Waals surface area contributed by atoms with Gasteiger partial charge in [0.25, 0.3) is 0 Å². The summed E-state index contributed by atoms with van der Waals surface area (Å²) < 4.78 is 11.7. The number of Topliss-reactive ketones (excluding diaryl/α,β-unsaturated/α-hetero) is 1. The average Bonchev–Trinajstić information content (AvgIpc) is 2.91. The second-order valence-corrected chi connectivity index (χ2v) is 8.10. The van der Waals surface area contributed by atoms with Crippen molar-refractivity contribution in [2.24, 2.45) is 0 Å². The molecular formula is C19H23NO4. The Morgan fingerprint density at radius 2 is 1.83 bits per heavy atom. The van der Waals surface area contributed by atoms with Crippen molar-refractivity contribution in [3.8, 4) is 5.75 Å². The van der Waals surface area contributed by atoms with Crippen LogP contribution in [0.4, 0.5) is 4.79 Å². The molecule has 0 aromatic heterocycles. The first kappa shape index (κ1) is 15.5. The van der Waals surface area contributed by atoms with E-state index in [0.29, 0.717) is 24.2 Å². The molecule has 1 aromatic carbocycles. The number of para-hydroxylation sites is 1. The summed E-state index contributed by atoms with van der Waals surface area (Å²) in [6, 6.07) is 7.45. The third kappa shape index (κ3) is 2.29. The van der Waals surface area contributed by atoms with Gasteiger partial charge in [0.15, 0.2) is 5.60 Å². The Hall–Kier alpha value is -2.04. The molecule has 1 unspecified atom stereocenters. The van der Waals surface area contributed by atoms with Gasteiger partial charge in [-0.05, 0) is 45.7 Å². The molecule has 0 radical (unpaired) electrons. The summed E-state index contributed by atoms with van der Waals surface area (Å²) >= 11 is 0. The van der Waals surface area contributed by atoms with Crippen LogP contribution in [0.3, 0.4) is 0 Å². The van der Waals surface area contributed by atoms with Gasteiger partial charge in [0.1, 0.15) is 11.4 Å². The first-order valence-corrected chi connectivity index (χ1v) is 8.63. The van der Waals surface area contributed by atoms with Crippen molar-refractivity contribution >= 4 is 11.9 Å². The van der Waals surface area contributed by atoms with Crippen LogP contribution in [0, 0.1) is 0 Å². The van der Waals surface area contributed by atoms with E-state index < -0.39 is 11.2 Å². The van der Waals surface area contributed by atoms with Crippen molar-refractivity contribution in [1.29, 1.82) is 0 Å². The summed E-state index contributed by atoms with van der Waals surface area (Å²) in [7, 11) is 0. The van der Waals surface area contributed by atoms with Crippen molar-refractivity contribution in [3.63, 3.8) is 0 Å². The highest BCUT2D eigenvalue weighted by molar-refractivity contribution is 6.07. The molecule has 1 amide bonds. The molecule has 2 fully saturated rings. The molecule has 128 valence electrons. The molecule has 3 aliphatic heterocycles. The van der Waals surface area contributed by atoms with Gasteiger partial charge in [0.05, 0.1) is 5.56 Å². The number of carbonyl (C=O) groups excluding carboxylic acids is 2. The lowest BCUT2D eigenvalue weighted by molar-refractivity contribution is -0.0279. The maximum atomic E-state index is 12.9. The van der Waals surface area contributed by atoms with Crippen LogP contribution >= 0.6 is 0 Å². The van der Waals surface area contributed by atoms with E-state index in [4.69, 9.17) is 9.47 Å². The SMILES string of the molecule is CC(C)(C)OC(=O)N1[C@@H]2CC[C@H]1CC1(C2)Oc2ccccc2C1=O. The summed E-state index contributed by atoms with van der Waals surface area (Å²) in [5.41, 5.74) is -0.641. The minimum absolute atomic E-state index is 0.0110. The summed E-state index contributed by atoms with van der Waals surface area (Å²) in [4.78, 5) is 27.3. The van der Waals surface area contributed by atoms with Gasteiger partial charge >= 0.3 is 6.09 Å². The predicted molar refractivity (Wildman–Crippen MR) is 88.2 cm³/mol. The monoisotopic (exact) mass is 329 g/mol. The molecule has 24 heavy (non-hydrogen) atoms. The number of carbonyl (C=O) groups is 2. The van der Waals surface area contributed by atoms with Crippen molar-refractivity contribution in [2.45, 2.75) is 69.7 Å². The molecule has 0 aliphatic carbocycles. The summed E-state index contributed by atoms with van der Waals surface area (Å²) in [6.45, 7) is 5.62. The molecule has 1 aromatic rings. The summed E-state index contributed by atoms with van der Waals surface area (Å²) in [5, 5.41) is 0. The van der Waals surface area contributed by atoms with E-state index in [1.54, 1.807) is 0 Å². The Balaban J connectivity index is 1.58. The van der Waals surface area contributed by atoms with Crippen LogP contribution in [0.25, 0.3) is 0 Å². The van der Waals surface area contributed by atoms with E-state index >= 15 is 0 Å². The average molecular weight is 329 g/mol. The van der Waals surface area contributed by atoms with Crippen molar-refractivity contribution in [3.05, 3.63) is 29.8 Å². The van der Waals surface area contributed by atoms with Crippen LogP contribution in [0.15, 0.2) is 24.3 Å². The number of amides is 1. The molecule has 1 spiro atoms. The number of fused-ring (bicyclic) bond motifs is 3. The highest BCUT2D eigenvalue weighted by Crippen LogP contribution is 2.48. The fourth-order valence-corrected chi connectivity index (χ4v) is 4.33. The molecule has 2 bridgehead atoms. The van der Waals surface area contributed by atoms with E-state index in [2.05, 4.69) is 0 Å². The van der Waals surface area contributed by atoms with Crippen molar-refractivity contribution in [2.75, 3.05) is 0 Å². The quantitative estimate of drug-likeness (QED) is 0.730. The Morgan fingerprint density at radius 3 is 2.42 bits per heavy atom. The fourth-order valence-electron chi connectivity index (χ4n) is 4.33. The number of ether oxygens (including phenoxy) is 2. The number of hydrogen-bond acceptors (Lipinski definition) is 4. The smallest absolute Gasteiger partial charge is 0.410 e. The van der Waals surface area contributed by atoms with Crippen molar-refractivity contribution in [1.82, 2.24) is 4.90 Å². The molecule has 2 saturated heterocycles. The minimum Gasteiger partial charge on any atom is -0.478 e. The standard InChI is InChI=1S/C19H23NO4/c1-18(2,3)24-17(22)20-12-8-9-13(20)11-19(10-12)16(21)14-6-4-5-7-15(14)23-19/h4-7,12-13H,8-11H2,1-3H3/t12-,13+,19?. The van der Waals surface area contributed by atoms with Gasteiger partial charge in [-0.25, -0.2) is 4.79 Å². The van der Waals surface area contributed by atoms with Crippen molar-refractivity contribution < 1.29 is 19.1 Å². The van der Waals surface area contributed by atoms with E-state index in [-0.39, 0.29) is 24.0 Å². The number of rotatable bonds is 0. The third-order valence-corrected chi connectivity index (χ3v) is 5.21. The van der Waals surface area contributed by atoms with Gasteiger partial charge in [-0.2, -0.15) is 0 Å². The largest absolute Gasteiger partial charge is 0.478 e. The molecule has 3 aliphatic rings. The lowest BCUT2D eigenvalue weighted by atomic mass is 9.82. The van der Waals surface area contributed by atoms with Gasteiger partial charge in [0, 0.05) is 24.9 Å². The molecule has 0 N–H and O–H groups in total. The molecule has 0 saturated carbocycles. The second kappa shape index (κ2) is 4.98. The minimum atomic E-state index is -0.798. The fraction of sp³-hybridized carbons (Fsp3) is 0.579. The van der Waals surface area contributed by atoms with Gasteiger partial charge in [-0.15, -0.1) is 0 Å². The van der Waals surface area contributed by atoms with Crippen LogP contribution in [0.2, 0.25) is 0 Å². The first-order valence-electron chi connectivity index (χ1n) is 8.63. The number of benzene rings is 1. The third-order valence-electron chi connectivity index (χ3n) is 5.21. The highest BCUT2D eigenvalue weighted by Gasteiger charge is 2.58. The summed E-state index contributed by atoms with van der Waals surface area (Å²) in [6.07, 6.45) is 2.64. The van der Waals surface area contributed by atoms with Crippen LogP contribution in [0.1, 0.15) is 56.8 Å². The summed E-state index contributed by atoms with van der Waals surface area (Å²) in [5.74, 6) is 0.742. The maximum Gasteiger partial charge on any atom is 0.410 e. The zero-order chi connectivity index (χ0) is 17.1. The van der Waals surface area contributed by atoms with E-state index in [1.807, 2.05) is 49.9 Å². The Morgan fingerprint density at radius 1 is 1.21 bits per heavy atom. The Labute approximate surface area is 141 Å². The van der Waals surface area contributed by atoms with E-state index in [0.717, 1.165) is 12.8 Å². The van der Waals surface area contributed by atoms with Gasteiger partial charge in [-0.3, -0.25) is 4.79 Å². The number of hydrogen-bond donors (Lipinski definition) is 0. The van der Waals surface area contributed by atoms with E-state index in [1.165, 1.54) is 0 Å². The molecule has 5 heteroatoms. The Bertz CT molecular complexity index is 692. The van der Waals surface area contributed by atoms with Gasteiger partial charge in [0.2, 0.25) is 5.78 Å². The van der Waals surface area contributed by atoms with Crippen LogP contribution < -0.4 is 4.74 Å². The Kier molecular flexibility index (Phi) is 3.21. The number of nitrogens with zero attached hydrogens (tertiary/aromatic N) is 1. The van der Waals surface area contributed by atoms with Crippen LogP contribution in [0.5, 0.6) is 5.75 Å². The molecule has 5 nitrogen and oxygen atoms in total. The van der Waals surface area contributed by atoms with Crippen LogP contribution in [-0.2, 0) is 4.74 Å². The number of piperidine rings is 1.